The second-order valence-corrected chi connectivity index (χ2v) is 7.31. The number of nitrogens with one attached hydrogen (secondary N) is 1. The Morgan fingerprint density at radius 2 is 1.85 bits per heavy atom. The van der Waals surface area contributed by atoms with Crippen molar-refractivity contribution in [2.75, 3.05) is 26.2 Å². The van der Waals surface area contributed by atoms with Crippen LogP contribution >= 0.6 is 0 Å². The summed E-state index contributed by atoms with van der Waals surface area (Å²) >= 11 is 0. The first-order valence-corrected chi connectivity index (χ1v) is 8.75. The minimum absolute atomic E-state index is 0.298. The summed E-state index contributed by atoms with van der Waals surface area (Å²) in [7, 11) is 0. The van der Waals surface area contributed by atoms with Crippen LogP contribution in [-0.2, 0) is 0 Å². The summed E-state index contributed by atoms with van der Waals surface area (Å²) in [5.41, 5.74) is 0.342. The van der Waals surface area contributed by atoms with E-state index < -0.39 is 0 Å². The molecule has 0 bridgehead atoms. The monoisotopic (exact) mass is 282 g/mol. The largest absolute Gasteiger partial charge is 0.395 e. The maximum Gasteiger partial charge on any atom is 0.0558 e. The van der Waals surface area contributed by atoms with E-state index in [1.807, 2.05) is 0 Å². The molecule has 20 heavy (non-hydrogen) atoms. The molecule has 2 fully saturated rings. The van der Waals surface area contributed by atoms with Crippen LogP contribution in [0.1, 0.15) is 65.2 Å². The maximum atomic E-state index is 9.41. The lowest BCUT2D eigenvalue weighted by molar-refractivity contribution is 0.0738. The van der Waals surface area contributed by atoms with Gasteiger partial charge in [0.2, 0.25) is 0 Å². The molecule has 0 radical (unpaired) electrons. The van der Waals surface area contributed by atoms with Crippen LogP contribution in [-0.4, -0.2) is 48.3 Å². The highest BCUT2D eigenvalue weighted by molar-refractivity contribution is 4.88. The number of aliphatic hydroxyl groups is 1. The fourth-order valence-electron chi connectivity index (χ4n) is 3.43. The van der Waals surface area contributed by atoms with Crippen molar-refractivity contribution in [3.05, 3.63) is 0 Å². The van der Waals surface area contributed by atoms with Gasteiger partial charge in [-0.1, -0.05) is 33.1 Å². The van der Waals surface area contributed by atoms with E-state index in [4.69, 9.17) is 0 Å². The zero-order valence-corrected chi connectivity index (χ0v) is 13.5. The van der Waals surface area contributed by atoms with E-state index in [2.05, 4.69) is 24.1 Å². The Hall–Kier alpha value is -0.120. The third-order valence-corrected chi connectivity index (χ3v) is 5.31. The molecular weight excluding hydrogens is 248 g/mol. The third kappa shape index (κ3) is 5.01. The first kappa shape index (κ1) is 16.3. The summed E-state index contributed by atoms with van der Waals surface area (Å²) in [5.74, 6) is 0. The molecule has 3 heteroatoms. The molecule has 1 unspecified atom stereocenters. The normalized spacial score (nSPS) is 24.0. The molecule has 0 saturated heterocycles. The molecule has 0 spiro atoms. The van der Waals surface area contributed by atoms with Crippen LogP contribution in [0.25, 0.3) is 0 Å². The number of rotatable bonds is 9. The van der Waals surface area contributed by atoms with Gasteiger partial charge < -0.3 is 10.4 Å². The van der Waals surface area contributed by atoms with Gasteiger partial charge in [-0.15, -0.1) is 0 Å². The van der Waals surface area contributed by atoms with E-state index in [9.17, 15) is 5.11 Å². The highest BCUT2D eigenvalue weighted by Gasteiger charge is 2.31. The van der Waals surface area contributed by atoms with Crippen LogP contribution in [0, 0.1) is 5.41 Å². The molecule has 3 nitrogen and oxygen atoms in total. The number of aliphatic hydroxyl groups excluding tert-OH is 1. The molecule has 0 aromatic rings. The van der Waals surface area contributed by atoms with Crippen LogP contribution in [0.2, 0.25) is 0 Å². The van der Waals surface area contributed by atoms with Gasteiger partial charge in [-0.3, -0.25) is 4.90 Å². The van der Waals surface area contributed by atoms with Crippen molar-refractivity contribution in [2.24, 2.45) is 5.41 Å². The molecule has 1 atom stereocenters. The highest BCUT2D eigenvalue weighted by Crippen LogP contribution is 2.29. The Morgan fingerprint density at radius 1 is 1.15 bits per heavy atom. The standard InChI is InChI=1S/C17H34N2O/c1-3-17(2,13-18-15-9-10-15)14-19(11-12-20)16-7-5-4-6-8-16/h15-16,18,20H,3-14H2,1-2H3. The lowest BCUT2D eigenvalue weighted by Crippen LogP contribution is -2.48. The summed E-state index contributed by atoms with van der Waals surface area (Å²) in [6.07, 6.45) is 10.7. The van der Waals surface area contributed by atoms with E-state index in [-0.39, 0.29) is 0 Å². The Labute approximate surface area is 125 Å². The number of hydrogen-bond acceptors (Lipinski definition) is 3. The SMILES string of the molecule is CCC(C)(CNC1CC1)CN(CCO)C1CCCCC1. The van der Waals surface area contributed by atoms with Gasteiger partial charge in [0.1, 0.15) is 0 Å². The molecule has 0 aliphatic heterocycles. The van der Waals surface area contributed by atoms with Crippen LogP contribution in [0.4, 0.5) is 0 Å². The quantitative estimate of drug-likeness (QED) is 0.682. The predicted octanol–water partition coefficient (Wildman–Crippen LogP) is 2.78. The Kier molecular flexibility index (Phi) is 6.31. The van der Waals surface area contributed by atoms with Gasteiger partial charge in [0, 0.05) is 31.7 Å². The molecule has 2 aliphatic carbocycles. The van der Waals surface area contributed by atoms with E-state index in [0.717, 1.165) is 25.7 Å². The van der Waals surface area contributed by atoms with Gasteiger partial charge in [-0.05, 0) is 37.5 Å². The van der Waals surface area contributed by atoms with Gasteiger partial charge >= 0.3 is 0 Å². The van der Waals surface area contributed by atoms with Crippen molar-refractivity contribution in [1.82, 2.24) is 10.2 Å². The van der Waals surface area contributed by atoms with Gasteiger partial charge in [-0.25, -0.2) is 0 Å². The molecule has 2 aliphatic rings. The topological polar surface area (TPSA) is 35.5 Å². The van der Waals surface area contributed by atoms with Crippen LogP contribution in [0.15, 0.2) is 0 Å². The highest BCUT2D eigenvalue weighted by atomic mass is 16.3. The molecule has 0 aromatic heterocycles. The smallest absolute Gasteiger partial charge is 0.0558 e. The Morgan fingerprint density at radius 3 is 2.40 bits per heavy atom. The minimum atomic E-state index is 0.298. The summed E-state index contributed by atoms with van der Waals surface area (Å²) in [4.78, 5) is 2.58. The van der Waals surface area contributed by atoms with E-state index >= 15 is 0 Å². The zero-order chi connectivity index (χ0) is 14.4. The van der Waals surface area contributed by atoms with Crippen molar-refractivity contribution in [3.63, 3.8) is 0 Å². The molecule has 118 valence electrons. The predicted molar refractivity (Wildman–Crippen MR) is 85.0 cm³/mol. The summed E-state index contributed by atoms with van der Waals surface area (Å²) in [6.45, 7) is 8.13. The summed E-state index contributed by atoms with van der Waals surface area (Å²) in [5, 5.41) is 13.1. The van der Waals surface area contributed by atoms with Crippen molar-refractivity contribution in [3.8, 4) is 0 Å². The fourth-order valence-corrected chi connectivity index (χ4v) is 3.43. The molecule has 0 heterocycles. The van der Waals surface area contributed by atoms with E-state index in [1.165, 1.54) is 51.4 Å². The molecule has 2 saturated carbocycles. The molecular formula is C17H34N2O. The van der Waals surface area contributed by atoms with Crippen molar-refractivity contribution in [1.29, 1.82) is 0 Å². The average molecular weight is 282 g/mol. The lowest BCUT2D eigenvalue weighted by Gasteiger charge is -2.40. The Balaban J connectivity index is 1.88. The van der Waals surface area contributed by atoms with Crippen LogP contribution < -0.4 is 5.32 Å². The second kappa shape index (κ2) is 7.77. The summed E-state index contributed by atoms with van der Waals surface area (Å²) < 4.78 is 0. The van der Waals surface area contributed by atoms with Crippen LogP contribution in [0.5, 0.6) is 0 Å². The first-order valence-electron chi connectivity index (χ1n) is 8.75. The second-order valence-electron chi connectivity index (χ2n) is 7.31. The van der Waals surface area contributed by atoms with Gasteiger partial charge in [-0.2, -0.15) is 0 Å². The van der Waals surface area contributed by atoms with Crippen LogP contribution in [0.3, 0.4) is 0 Å². The number of hydrogen-bond donors (Lipinski definition) is 2. The lowest BCUT2D eigenvalue weighted by atomic mass is 9.85. The molecule has 0 aromatic carbocycles. The van der Waals surface area contributed by atoms with E-state index in [1.54, 1.807) is 0 Å². The average Bonchev–Trinajstić information content (AvgIpc) is 3.30. The fraction of sp³-hybridized carbons (Fsp3) is 1.00. The third-order valence-electron chi connectivity index (χ3n) is 5.31. The van der Waals surface area contributed by atoms with Gasteiger partial charge in [0.15, 0.2) is 0 Å². The van der Waals surface area contributed by atoms with E-state index in [0.29, 0.717) is 18.1 Å². The van der Waals surface area contributed by atoms with Crippen molar-refractivity contribution < 1.29 is 5.11 Å². The first-order chi connectivity index (χ1) is 9.67. The molecule has 2 N–H and O–H groups in total. The number of nitrogens with zero attached hydrogens (tertiary/aromatic N) is 1. The van der Waals surface area contributed by atoms with Gasteiger partial charge in [0.05, 0.1) is 6.61 Å². The molecule has 2 rings (SSSR count). The van der Waals surface area contributed by atoms with Crippen molar-refractivity contribution >= 4 is 0 Å². The Bertz CT molecular complexity index is 274. The minimum Gasteiger partial charge on any atom is -0.395 e. The summed E-state index contributed by atoms with van der Waals surface area (Å²) in [6, 6.07) is 1.50. The molecule has 0 amide bonds. The van der Waals surface area contributed by atoms with Crippen molar-refractivity contribution in [2.45, 2.75) is 77.3 Å². The van der Waals surface area contributed by atoms with Gasteiger partial charge in [0.25, 0.3) is 0 Å². The zero-order valence-electron chi connectivity index (χ0n) is 13.5. The maximum absolute atomic E-state index is 9.41.